The van der Waals surface area contributed by atoms with Gasteiger partial charge >= 0.3 is 0 Å². The molecule has 92 valence electrons. The summed E-state index contributed by atoms with van der Waals surface area (Å²) in [6.07, 6.45) is 5.39. The molecule has 0 spiro atoms. The van der Waals surface area contributed by atoms with Crippen LogP contribution in [-0.2, 0) is 9.53 Å². The van der Waals surface area contributed by atoms with E-state index >= 15 is 0 Å². The normalized spacial score (nSPS) is 35.8. The summed E-state index contributed by atoms with van der Waals surface area (Å²) < 4.78 is 5.70. The Kier molecular flexibility index (Phi) is 3.82. The van der Waals surface area contributed by atoms with Crippen LogP contribution >= 0.6 is 0 Å². The summed E-state index contributed by atoms with van der Waals surface area (Å²) in [7, 11) is 0. The smallest absolute Gasteiger partial charge is 0.237 e. The zero-order chi connectivity index (χ0) is 11.4. The molecule has 0 aromatic carbocycles. The molecule has 2 rings (SSSR count). The van der Waals surface area contributed by atoms with Crippen LogP contribution < -0.4 is 10.6 Å². The molecule has 2 unspecified atom stereocenters. The van der Waals surface area contributed by atoms with Crippen molar-refractivity contribution in [2.45, 2.75) is 50.7 Å². The van der Waals surface area contributed by atoms with Crippen LogP contribution in [0.1, 0.15) is 39.0 Å². The summed E-state index contributed by atoms with van der Waals surface area (Å²) in [6.45, 7) is 4.59. The van der Waals surface area contributed by atoms with Crippen molar-refractivity contribution < 1.29 is 9.53 Å². The maximum absolute atomic E-state index is 11.7. The number of carbonyl (C=O) groups excluding carboxylic acids is 1. The van der Waals surface area contributed by atoms with E-state index in [9.17, 15) is 4.79 Å². The monoisotopic (exact) mass is 226 g/mol. The van der Waals surface area contributed by atoms with Crippen molar-refractivity contribution >= 4 is 5.91 Å². The average Bonchev–Trinajstić information content (AvgIpc) is 2.58. The quantitative estimate of drug-likeness (QED) is 0.749. The Bertz CT molecular complexity index is 249. The third-order valence-corrected chi connectivity index (χ3v) is 3.56. The third-order valence-electron chi connectivity index (χ3n) is 3.56. The number of hydrogen-bond donors (Lipinski definition) is 2. The summed E-state index contributed by atoms with van der Waals surface area (Å²) in [5.74, 6) is 0.152. The van der Waals surface area contributed by atoms with E-state index in [-0.39, 0.29) is 17.6 Å². The first-order chi connectivity index (χ1) is 7.70. The van der Waals surface area contributed by atoms with E-state index in [2.05, 4.69) is 17.6 Å². The lowest BCUT2D eigenvalue weighted by molar-refractivity contribution is -0.123. The summed E-state index contributed by atoms with van der Waals surface area (Å²) >= 11 is 0. The molecular formula is C12H22N2O2. The summed E-state index contributed by atoms with van der Waals surface area (Å²) in [4.78, 5) is 11.7. The highest BCUT2D eigenvalue weighted by Gasteiger charge is 2.31. The minimum absolute atomic E-state index is 0.0245. The second-order valence-corrected chi connectivity index (χ2v) is 5.12. The topological polar surface area (TPSA) is 50.4 Å². The number of nitrogens with one attached hydrogen (secondary N) is 2. The fourth-order valence-electron chi connectivity index (χ4n) is 2.45. The highest BCUT2D eigenvalue weighted by Crippen LogP contribution is 2.24. The largest absolute Gasteiger partial charge is 0.374 e. The van der Waals surface area contributed by atoms with Crippen molar-refractivity contribution in [3.63, 3.8) is 0 Å². The molecule has 0 saturated carbocycles. The molecule has 0 aliphatic carbocycles. The molecule has 2 saturated heterocycles. The lowest BCUT2D eigenvalue weighted by Gasteiger charge is -2.26. The summed E-state index contributed by atoms with van der Waals surface area (Å²) in [5.41, 5.74) is -0.0629. The molecule has 16 heavy (non-hydrogen) atoms. The predicted molar refractivity (Wildman–Crippen MR) is 62.2 cm³/mol. The summed E-state index contributed by atoms with van der Waals surface area (Å²) in [5, 5.41) is 6.30. The second-order valence-electron chi connectivity index (χ2n) is 5.12. The van der Waals surface area contributed by atoms with Crippen LogP contribution in [0.5, 0.6) is 0 Å². The van der Waals surface area contributed by atoms with Crippen molar-refractivity contribution in [1.82, 2.24) is 10.6 Å². The van der Waals surface area contributed by atoms with Crippen molar-refractivity contribution in [1.29, 1.82) is 0 Å². The van der Waals surface area contributed by atoms with Gasteiger partial charge < -0.3 is 15.4 Å². The second kappa shape index (κ2) is 5.15. The lowest BCUT2D eigenvalue weighted by Crippen LogP contribution is -2.48. The number of amides is 1. The van der Waals surface area contributed by atoms with Gasteiger partial charge in [0, 0.05) is 19.7 Å². The molecular weight excluding hydrogens is 204 g/mol. The molecule has 2 fully saturated rings. The van der Waals surface area contributed by atoms with Gasteiger partial charge in [0.1, 0.15) is 0 Å². The van der Waals surface area contributed by atoms with Crippen molar-refractivity contribution in [2.75, 3.05) is 19.7 Å². The fraction of sp³-hybridized carbons (Fsp3) is 0.917. The molecule has 2 aliphatic heterocycles. The Morgan fingerprint density at radius 3 is 3.12 bits per heavy atom. The first kappa shape index (κ1) is 11.9. The lowest BCUT2D eigenvalue weighted by atomic mass is 10.0. The van der Waals surface area contributed by atoms with E-state index in [1.54, 1.807) is 0 Å². The zero-order valence-electron chi connectivity index (χ0n) is 10.1. The molecule has 0 radical (unpaired) electrons. The first-order valence-electron chi connectivity index (χ1n) is 6.35. The van der Waals surface area contributed by atoms with Gasteiger partial charge in [0.2, 0.25) is 5.91 Å². The molecule has 1 amide bonds. The first-order valence-corrected chi connectivity index (χ1v) is 6.35. The Balaban J connectivity index is 1.81. The highest BCUT2D eigenvalue weighted by atomic mass is 16.5. The molecule has 2 N–H and O–H groups in total. The standard InChI is InChI=1S/C12H22N2O2/c1-12(6-4-8-16-12)9-14-10-5-2-3-7-13-11(10)15/h10,14H,2-9H2,1H3,(H,13,15). The van der Waals surface area contributed by atoms with Crippen molar-refractivity contribution in [3.8, 4) is 0 Å². The van der Waals surface area contributed by atoms with Gasteiger partial charge in [-0.1, -0.05) is 0 Å². The Morgan fingerprint density at radius 1 is 1.50 bits per heavy atom. The van der Waals surface area contributed by atoms with Gasteiger partial charge in [0.05, 0.1) is 11.6 Å². The van der Waals surface area contributed by atoms with Crippen LogP contribution in [0.15, 0.2) is 0 Å². The number of rotatable bonds is 3. The maximum atomic E-state index is 11.7. The number of carbonyl (C=O) groups is 1. The zero-order valence-corrected chi connectivity index (χ0v) is 10.1. The fourth-order valence-corrected chi connectivity index (χ4v) is 2.45. The minimum atomic E-state index is -0.0629. The van der Waals surface area contributed by atoms with Gasteiger partial charge in [-0.3, -0.25) is 4.79 Å². The van der Waals surface area contributed by atoms with Crippen molar-refractivity contribution in [2.24, 2.45) is 0 Å². The predicted octanol–water partition coefficient (Wildman–Crippen LogP) is 0.814. The van der Waals surface area contributed by atoms with Crippen LogP contribution in [-0.4, -0.2) is 37.2 Å². The van der Waals surface area contributed by atoms with Crippen LogP contribution in [0.3, 0.4) is 0 Å². The Hall–Kier alpha value is -0.610. The maximum Gasteiger partial charge on any atom is 0.237 e. The molecule has 2 atom stereocenters. The van der Waals surface area contributed by atoms with E-state index in [0.717, 1.165) is 51.8 Å². The SMILES string of the molecule is CC1(CNC2CCCCNC2=O)CCCO1. The molecule has 4 nitrogen and oxygen atoms in total. The van der Waals surface area contributed by atoms with E-state index in [0.29, 0.717) is 0 Å². The Morgan fingerprint density at radius 2 is 2.38 bits per heavy atom. The molecule has 0 aromatic heterocycles. The van der Waals surface area contributed by atoms with Crippen LogP contribution in [0, 0.1) is 0 Å². The molecule has 4 heteroatoms. The van der Waals surface area contributed by atoms with Gasteiger partial charge in [0.25, 0.3) is 0 Å². The molecule has 2 heterocycles. The van der Waals surface area contributed by atoms with Crippen LogP contribution in [0.4, 0.5) is 0 Å². The van der Waals surface area contributed by atoms with E-state index in [1.807, 2.05) is 0 Å². The summed E-state index contributed by atoms with van der Waals surface area (Å²) in [6, 6.07) is -0.0245. The Labute approximate surface area is 97.1 Å². The number of ether oxygens (including phenoxy) is 1. The third kappa shape index (κ3) is 2.95. The van der Waals surface area contributed by atoms with Gasteiger partial charge in [-0.15, -0.1) is 0 Å². The minimum Gasteiger partial charge on any atom is -0.374 e. The van der Waals surface area contributed by atoms with E-state index < -0.39 is 0 Å². The van der Waals surface area contributed by atoms with Crippen molar-refractivity contribution in [3.05, 3.63) is 0 Å². The van der Waals surface area contributed by atoms with Crippen LogP contribution in [0.2, 0.25) is 0 Å². The highest BCUT2D eigenvalue weighted by molar-refractivity contribution is 5.81. The van der Waals surface area contributed by atoms with Gasteiger partial charge in [-0.05, 0) is 39.0 Å². The molecule has 0 bridgehead atoms. The van der Waals surface area contributed by atoms with Gasteiger partial charge in [-0.25, -0.2) is 0 Å². The van der Waals surface area contributed by atoms with E-state index in [1.165, 1.54) is 0 Å². The molecule has 0 aromatic rings. The number of hydrogen-bond acceptors (Lipinski definition) is 3. The van der Waals surface area contributed by atoms with Gasteiger partial charge in [0.15, 0.2) is 0 Å². The molecule has 2 aliphatic rings. The average molecular weight is 226 g/mol. The van der Waals surface area contributed by atoms with Gasteiger partial charge in [-0.2, -0.15) is 0 Å². The van der Waals surface area contributed by atoms with Crippen LogP contribution in [0.25, 0.3) is 0 Å². The van der Waals surface area contributed by atoms with E-state index in [4.69, 9.17) is 4.74 Å².